The van der Waals surface area contributed by atoms with Crippen molar-refractivity contribution in [1.82, 2.24) is 4.90 Å². The first kappa shape index (κ1) is 14.9. The number of nitrogens with zero attached hydrogens (tertiary/aromatic N) is 1. The summed E-state index contributed by atoms with van der Waals surface area (Å²) in [6.07, 6.45) is 1.14. The molecule has 1 rings (SSSR count). The number of hydrogen-bond donors (Lipinski definition) is 1. The van der Waals surface area contributed by atoms with Gasteiger partial charge in [0.1, 0.15) is 0 Å². The standard InChI is InChI=1S/C13H28N2O2/c1-4-16-13(17-5-2)10-15-7-6-11(3)12(8-14)9-15/h11-13H,4-10,14H2,1-3H3. The maximum atomic E-state index is 5.81. The molecule has 0 bridgehead atoms. The number of rotatable bonds is 7. The van der Waals surface area contributed by atoms with Crippen molar-refractivity contribution in [2.45, 2.75) is 33.5 Å². The molecule has 4 heteroatoms. The maximum Gasteiger partial charge on any atom is 0.170 e. The quantitative estimate of drug-likeness (QED) is 0.686. The molecule has 1 saturated heterocycles. The lowest BCUT2D eigenvalue weighted by molar-refractivity contribution is -0.150. The number of ether oxygens (including phenoxy) is 2. The summed E-state index contributed by atoms with van der Waals surface area (Å²) in [7, 11) is 0. The van der Waals surface area contributed by atoms with Gasteiger partial charge in [0.25, 0.3) is 0 Å². The van der Waals surface area contributed by atoms with Crippen molar-refractivity contribution in [2.75, 3.05) is 39.4 Å². The molecule has 0 radical (unpaired) electrons. The first-order valence-electron chi connectivity index (χ1n) is 6.86. The third-order valence-corrected chi connectivity index (χ3v) is 3.61. The highest BCUT2D eigenvalue weighted by Gasteiger charge is 2.26. The van der Waals surface area contributed by atoms with Crippen molar-refractivity contribution >= 4 is 0 Å². The lowest BCUT2D eigenvalue weighted by atomic mass is 9.87. The van der Waals surface area contributed by atoms with Crippen molar-refractivity contribution < 1.29 is 9.47 Å². The van der Waals surface area contributed by atoms with E-state index in [4.69, 9.17) is 15.2 Å². The first-order valence-corrected chi connectivity index (χ1v) is 6.86. The zero-order valence-corrected chi connectivity index (χ0v) is 11.5. The van der Waals surface area contributed by atoms with Crippen LogP contribution < -0.4 is 5.73 Å². The van der Waals surface area contributed by atoms with Gasteiger partial charge in [0.15, 0.2) is 6.29 Å². The third kappa shape index (κ3) is 4.92. The van der Waals surface area contributed by atoms with Gasteiger partial charge in [-0.25, -0.2) is 0 Å². The van der Waals surface area contributed by atoms with Gasteiger partial charge in [0, 0.05) is 26.3 Å². The number of hydrogen-bond acceptors (Lipinski definition) is 4. The Morgan fingerprint density at radius 2 is 1.94 bits per heavy atom. The van der Waals surface area contributed by atoms with E-state index in [1.54, 1.807) is 0 Å². The fourth-order valence-corrected chi connectivity index (χ4v) is 2.43. The largest absolute Gasteiger partial charge is 0.352 e. The maximum absolute atomic E-state index is 5.81. The SMILES string of the molecule is CCOC(CN1CCC(C)C(CN)C1)OCC. The van der Waals surface area contributed by atoms with Gasteiger partial charge in [-0.1, -0.05) is 6.92 Å². The van der Waals surface area contributed by atoms with E-state index in [0.29, 0.717) is 19.1 Å². The van der Waals surface area contributed by atoms with Gasteiger partial charge in [0.2, 0.25) is 0 Å². The molecule has 2 unspecified atom stereocenters. The van der Waals surface area contributed by atoms with Crippen LogP contribution in [0, 0.1) is 11.8 Å². The molecule has 0 saturated carbocycles. The predicted octanol–water partition coefficient (Wildman–Crippen LogP) is 1.30. The van der Waals surface area contributed by atoms with Crippen LogP contribution in [-0.2, 0) is 9.47 Å². The van der Waals surface area contributed by atoms with Crippen LogP contribution in [0.15, 0.2) is 0 Å². The minimum absolute atomic E-state index is 0.0863. The molecule has 2 N–H and O–H groups in total. The minimum Gasteiger partial charge on any atom is -0.352 e. The van der Waals surface area contributed by atoms with E-state index in [2.05, 4.69) is 11.8 Å². The molecule has 1 heterocycles. The second-order valence-electron chi connectivity index (χ2n) is 4.86. The van der Waals surface area contributed by atoms with Crippen molar-refractivity contribution in [3.05, 3.63) is 0 Å². The summed E-state index contributed by atoms with van der Waals surface area (Å²) in [6, 6.07) is 0. The molecular weight excluding hydrogens is 216 g/mol. The summed E-state index contributed by atoms with van der Waals surface area (Å²) >= 11 is 0. The van der Waals surface area contributed by atoms with Crippen LogP contribution >= 0.6 is 0 Å². The summed E-state index contributed by atoms with van der Waals surface area (Å²) in [5.41, 5.74) is 5.81. The Hall–Kier alpha value is -0.160. The molecule has 0 amide bonds. The average molecular weight is 244 g/mol. The number of likely N-dealkylation sites (tertiary alicyclic amines) is 1. The van der Waals surface area contributed by atoms with Crippen LogP contribution in [0.3, 0.4) is 0 Å². The third-order valence-electron chi connectivity index (χ3n) is 3.61. The Labute approximate surface area is 105 Å². The molecule has 1 fully saturated rings. The van der Waals surface area contributed by atoms with Gasteiger partial charge in [-0.15, -0.1) is 0 Å². The lowest BCUT2D eigenvalue weighted by Gasteiger charge is -2.37. The van der Waals surface area contributed by atoms with Crippen molar-refractivity contribution in [3.63, 3.8) is 0 Å². The van der Waals surface area contributed by atoms with Crippen LogP contribution in [0.4, 0.5) is 0 Å². The highest BCUT2D eigenvalue weighted by atomic mass is 16.7. The molecule has 1 aliphatic heterocycles. The smallest absolute Gasteiger partial charge is 0.170 e. The molecule has 102 valence electrons. The Balaban J connectivity index is 2.38. The van der Waals surface area contributed by atoms with Crippen molar-refractivity contribution in [2.24, 2.45) is 17.6 Å². The first-order chi connectivity index (χ1) is 8.21. The molecule has 0 aromatic carbocycles. The fraction of sp³-hybridized carbons (Fsp3) is 1.00. The van der Waals surface area contributed by atoms with Crippen LogP contribution in [0.25, 0.3) is 0 Å². The highest BCUT2D eigenvalue weighted by Crippen LogP contribution is 2.22. The predicted molar refractivity (Wildman–Crippen MR) is 69.8 cm³/mol. The molecule has 2 atom stereocenters. The van der Waals surface area contributed by atoms with Crippen LogP contribution in [0.5, 0.6) is 0 Å². The topological polar surface area (TPSA) is 47.7 Å². The van der Waals surface area contributed by atoms with Crippen molar-refractivity contribution in [3.8, 4) is 0 Å². The molecule has 1 aliphatic rings. The Morgan fingerprint density at radius 1 is 1.29 bits per heavy atom. The number of nitrogens with two attached hydrogens (primary N) is 1. The second-order valence-corrected chi connectivity index (χ2v) is 4.86. The summed E-state index contributed by atoms with van der Waals surface area (Å²) in [4.78, 5) is 2.42. The molecule has 0 aromatic rings. The Bertz CT molecular complexity index is 196. The van der Waals surface area contributed by atoms with Gasteiger partial charge in [-0.3, -0.25) is 4.90 Å². The van der Waals surface area contributed by atoms with E-state index in [-0.39, 0.29) is 6.29 Å². The summed E-state index contributed by atoms with van der Waals surface area (Å²) < 4.78 is 11.2. The second kappa shape index (κ2) is 8.03. The van der Waals surface area contributed by atoms with Crippen LogP contribution in [0.2, 0.25) is 0 Å². The van der Waals surface area contributed by atoms with Gasteiger partial charge in [-0.2, -0.15) is 0 Å². The Kier molecular flexibility index (Phi) is 7.04. The molecule has 0 spiro atoms. The zero-order valence-electron chi connectivity index (χ0n) is 11.5. The minimum atomic E-state index is -0.0863. The monoisotopic (exact) mass is 244 g/mol. The molecule has 0 aliphatic carbocycles. The Morgan fingerprint density at radius 3 is 2.47 bits per heavy atom. The fourth-order valence-electron chi connectivity index (χ4n) is 2.43. The van der Waals surface area contributed by atoms with Gasteiger partial charge >= 0.3 is 0 Å². The lowest BCUT2D eigenvalue weighted by Crippen LogP contribution is -2.46. The van der Waals surface area contributed by atoms with Gasteiger partial charge < -0.3 is 15.2 Å². The normalized spacial score (nSPS) is 26.6. The molecule has 0 aromatic heterocycles. The summed E-state index contributed by atoms with van der Waals surface area (Å²) in [5, 5.41) is 0. The molecule has 4 nitrogen and oxygen atoms in total. The van der Waals surface area contributed by atoms with Crippen LogP contribution in [0.1, 0.15) is 27.2 Å². The van der Waals surface area contributed by atoms with E-state index >= 15 is 0 Å². The van der Waals surface area contributed by atoms with Crippen LogP contribution in [-0.4, -0.2) is 50.6 Å². The van der Waals surface area contributed by atoms with E-state index in [9.17, 15) is 0 Å². The highest BCUT2D eigenvalue weighted by molar-refractivity contribution is 4.79. The van der Waals surface area contributed by atoms with Gasteiger partial charge in [-0.05, 0) is 45.2 Å². The summed E-state index contributed by atoms with van der Waals surface area (Å²) in [6.45, 7) is 11.6. The summed E-state index contributed by atoms with van der Waals surface area (Å²) in [5.74, 6) is 1.36. The molecular formula is C13H28N2O2. The van der Waals surface area contributed by atoms with E-state index < -0.39 is 0 Å². The average Bonchev–Trinajstić information content (AvgIpc) is 2.32. The van der Waals surface area contributed by atoms with Gasteiger partial charge in [0.05, 0.1) is 0 Å². The van der Waals surface area contributed by atoms with E-state index in [1.807, 2.05) is 13.8 Å². The number of piperidine rings is 1. The van der Waals surface area contributed by atoms with E-state index in [1.165, 1.54) is 6.42 Å². The zero-order chi connectivity index (χ0) is 12.7. The van der Waals surface area contributed by atoms with E-state index in [0.717, 1.165) is 32.1 Å². The molecule has 17 heavy (non-hydrogen) atoms. The van der Waals surface area contributed by atoms with Crippen molar-refractivity contribution in [1.29, 1.82) is 0 Å².